The van der Waals surface area contributed by atoms with Crippen molar-refractivity contribution in [3.8, 4) is 0 Å². The van der Waals surface area contributed by atoms with E-state index in [1.807, 2.05) is 0 Å². The number of nitrogens with zero attached hydrogens (tertiary/aromatic N) is 2. The third kappa shape index (κ3) is 3.96. The molecule has 1 saturated heterocycles. The molecule has 0 aromatic carbocycles. The van der Waals surface area contributed by atoms with Crippen molar-refractivity contribution in [3.63, 3.8) is 0 Å². The number of hydroxylamine groups is 2. The average molecular weight is 202 g/mol. The summed E-state index contributed by atoms with van der Waals surface area (Å²) in [5.74, 6) is 0. The zero-order valence-electron chi connectivity index (χ0n) is 7.93. The minimum atomic E-state index is -0.557. The van der Waals surface area contributed by atoms with Gasteiger partial charge in [0.05, 0.1) is 0 Å². The molecule has 0 aromatic heterocycles. The molecule has 1 fully saturated rings. The van der Waals surface area contributed by atoms with Gasteiger partial charge in [0.2, 0.25) is 0 Å². The van der Waals surface area contributed by atoms with Crippen LogP contribution in [0.3, 0.4) is 0 Å². The van der Waals surface area contributed by atoms with Crippen LogP contribution in [-0.4, -0.2) is 28.0 Å². The van der Waals surface area contributed by atoms with E-state index < -0.39 is 6.09 Å². The van der Waals surface area contributed by atoms with E-state index >= 15 is 0 Å². The molecule has 0 N–H and O–H groups in total. The fraction of sp³-hybridized carbons (Fsp3) is 0.800. The minimum Gasteiger partial charge on any atom is -1.00 e. The molecule has 12 heavy (non-hydrogen) atoms. The Morgan fingerprint density at radius 1 is 1.42 bits per heavy atom. The van der Waals surface area contributed by atoms with Gasteiger partial charge in [-0.3, -0.25) is 0 Å². The zero-order valence-corrected chi connectivity index (χ0v) is 8.72. The van der Waals surface area contributed by atoms with Gasteiger partial charge in [0.1, 0.15) is 0 Å². The maximum atomic E-state index is 10.8. The van der Waals surface area contributed by atoms with Crippen LogP contribution in [0.15, 0.2) is 0 Å². The first-order chi connectivity index (χ1) is 5.20. The Bertz CT molecular complexity index is 157. The molecule has 0 unspecified atom stereocenters. The van der Waals surface area contributed by atoms with Gasteiger partial charge in [0.15, 0.2) is 0 Å². The van der Waals surface area contributed by atoms with Crippen LogP contribution >= 0.6 is 25.6 Å². The van der Waals surface area contributed by atoms with Crippen molar-refractivity contribution in [3.05, 3.63) is 0 Å². The van der Waals surface area contributed by atoms with E-state index in [0.717, 1.165) is 29.6 Å². The molecule has 1 aliphatic rings. The molecule has 1 amide bonds. The van der Waals surface area contributed by atoms with Gasteiger partial charge in [-0.1, -0.05) is 0 Å². The molecule has 0 saturated carbocycles. The molecule has 0 atom stereocenters. The van der Waals surface area contributed by atoms with E-state index in [4.69, 9.17) is 4.84 Å². The smallest absolute Gasteiger partial charge is 1.00 e. The number of amides is 1. The number of hydrogen-bond donors (Lipinski definition) is 2. The summed E-state index contributed by atoms with van der Waals surface area (Å²) in [4.78, 5) is 15.6. The fourth-order valence-electron chi connectivity index (χ4n) is 0.926. The Morgan fingerprint density at radius 2 is 1.92 bits per heavy atom. The van der Waals surface area contributed by atoms with E-state index in [0.29, 0.717) is 0 Å². The maximum Gasteiger partial charge on any atom is 1.00 e. The van der Waals surface area contributed by atoms with Crippen LogP contribution in [0.4, 0.5) is 4.79 Å². The largest absolute Gasteiger partial charge is 1.00 e. The predicted octanol–water partition coefficient (Wildman–Crippen LogP) is -1.76. The Morgan fingerprint density at radius 3 is 2.33 bits per heavy atom. The first kappa shape index (κ1) is 12.5. The SMILES string of the molecule is O=C(ON1CCCC1)N(S)S.[H-].[Li+]. The Hall–Kier alpha value is 0.527. The predicted molar refractivity (Wildman–Crippen MR) is 48.2 cm³/mol. The summed E-state index contributed by atoms with van der Waals surface area (Å²) < 4.78 is 0.818. The van der Waals surface area contributed by atoms with Crippen molar-refractivity contribution < 1.29 is 29.9 Å². The molecule has 7 heteroatoms. The van der Waals surface area contributed by atoms with Gasteiger partial charge in [-0.25, -0.2) is 4.79 Å². The number of hydrogen-bond acceptors (Lipinski definition) is 5. The van der Waals surface area contributed by atoms with Crippen LogP contribution in [0.1, 0.15) is 14.3 Å². The molecule has 0 radical (unpaired) electrons. The molecule has 1 aliphatic heterocycles. The van der Waals surface area contributed by atoms with Crippen LogP contribution in [0.2, 0.25) is 0 Å². The third-order valence-corrected chi connectivity index (χ3v) is 1.76. The maximum absolute atomic E-state index is 10.8. The molecule has 0 bridgehead atoms. The molecule has 1 heterocycles. The summed E-state index contributed by atoms with van der Waals surface area (Å²) in [6.07, 6.45) is 1.59. The van der Waals surface area contributed by atoms with Gasteiger partial charge < -0.3 is 6.26 Å². The van der Waals surface area contributed by atoms with Gasteiger partial charge in [-0.2, -0.15) is 3.71 Å². The Labute approximate surface area is 96.3 Å². The summed E-state index contributed by atoms with van der Waals surface area (Å²) in [6.45, 7) is 1.61. The summed E-state index contributed by atoms with van der Waals surface area (Å²) in [5.41, 5.74) is 0. The summed E-state index contributed by atoms with van der Waals surface area (Å²) in [6, 6.07) is 0. The van der Waals surface area contributed by atoms with Crippen molar-refractivity contribution in [1.29, 1.82) is 0 Å². The van der Waals surface area contributed by atoms with Gasteiger partial charge in [0, 0.05) is 13.1 Å². The van der Waals surface area contributed by atoms with Crippen molar-refractivity contribution in [2.45, 2.75) is 12.8 Å². The van der Waals surface area contributed by atoms with Crippen molar-refractivity contribution >= 4 is 31.7 Å². The summed E-state index contributed by atoms with van der Waals surface area (Å²) in [7, 11) is 0. The normalized spacial score (nSPS) is 16.8. The Balaban J connectivity index is 0. The summed E-state index contributed by atoms with van der Waals surface area (Å²) in [5, 5.41) is 1.61. The van der Waals surface area contributed by atoms with Gasteiger partial charge in [-0.15, -0.1) is 5.06 Å². The van der Waals surface area contributed by atoms with E-state index in [1.54, 1.807) is 5.06 Å². The van der Waals surface area contributed by atoms with Crippen LogP contribution in [0.5, 0.6) is 0 Å². The fourth-order valence-corrected chi connectivity index (χ4v) is 0.999. The third-order valence-electron chi connectivity index (χ3n) is 1.44. The monoisotopic (exact) mass is 202 g/mol. The van der Waals surface area contributed by atoms with Gasteiger partial charge >= 0.3 is 25.0 Å². The van der Waals surface area contributed by atoms with Gasteiger partial charge in [-0.05, 0) is 38.5 Å². The second-order valence-corrected chi connectivity index (χ2v) is 3.40. The molecule has 0 spiro atoms. The van der Waals surface area contributed by atoms with Crippen LogP contribution in [0.25, 0.3) is 0 Å². The molecule has 66 valence electrons. The zero-order chi connectivity index (χ0) is 8.27. The standard InChI is InChI=1S/C5H10N2O2S2.Li.H/c8-5(7(10)11)9-6-3-1-2-4-6;;/h10-11H,1-4H2;;/q;+1;-1. The van der Waals surface area contributed by atoms with Crippen molar-refractivity contribution in [2.24, 2.45) is 0 Å². The van der Waals surface area contributed by atoms with Crippen LogP contribution in [0, 0.1) is 0 Å². The Kier molecular flexibility index (Phi) is 6.32. The van der Waals surface area contributed by atoms with Gasteiger partial charge in [0.25, 0.3) is 0 Å². The van der Waals surface area contributed by atoms with E-state index in [2.05, 4.69) is 25.6 Å². The molecule has 1 rings (SSSR count). The number of carbonyl (C=O) groups excluding carboxylic acids is 1. The first-order valence-corrected chi connectivity index (χ1v) is 4.15. The molecular weight excluding hydrogens is 191 g/mol. The molecular formula is C5H11LiN2O2S2. The van der Waals surface area contributed by atoms with E-state index in [9.17, 15) is 4.79 Å². The van der Waals surface area contributed by atoms with Crippen molar-refractivity contribution in [2.75, 3.05) is 13.1 Å². The quantitative estimate of drug-likeness (QED) is 0.390. The number of rotatable bonds is 1. The second-order valence-electron chi connectivity index (χ2n) is 2.28. The second kappa shape index (κ2) is 6.05. The van der Waals surface area contributed by atoms with E-state index in [-0.39, 0.29) is 20.3 Å². The first-order valence-electron chi connectivity index (χ1n) is 3.35. The average Bonchev–Trinajstić information content (AvgIpc) is 2.39. The van der Waals surface area contributed by atoms with Crippen LogP contribution in [-0.2, 0) is 4.84 Å². The molecule has 4 nitrogen and oxygen atoms in total. The topological polar surface area (TPSA) is 32.8 Å². The summed E-state index contributed by atoms with van der Waals surface area (Å²) >= 11 is 7.32. The minimum absolute atomic E-state index is 0. The molecule has 0 aliphatic carbocycles. The van der Waals surface area contributed by atoms with Crippen molar-refractivity contribution in [1.82, 2.24) is 8.77 Å². The van der Waals surface area contributed by atoms with Crippen LogP contribution < -0.4 is 18.9 Å². The number of carbonyl (C=O) groups is 1. The molecule has 0 aromatic rings. The van der Waals surface area contributed by atoms with E-state index in [1.165, 1.54) is 0 Å². The number of thiol groups is 2.